The van der Waals surface area contributed by atoms with Gasteiger partial charge in [-0.1, -0.05) is 30.2 Å². The second-order valence-electron chi connectivity index (χ2n) is 7.54. The van der Waals surface area contributed by atoms with Crippen LogP contribution in [0.2, 0.25) is 0 Å². The van der Waals surface area contributed by atoms with Crippen LogP contribution in [-0.2, 0) is 16.0 Å². The van der Waals surface area contributed by atoms with Gasteiger partial charge in [-0.25, -0.2) is 0 Å². The second-order valence-corrected chi connectivity index (χ2v) is 7.54. The molecule has 0 saturated carbocycles. The molecule has 7 heteroatoms. The zero-order valence-electron chi connectivity index (χ0n) is 15.5. The summed E-state index contributed by atoms with van der Waals surface area (Å²) in [6.45, 7) is 1.15. The number of allylic oxidation sites excluding steroid dienone is 4. The number of Topliss-reactive ketones (excluding diaryl/α,β-unsaturated/α-hetero) is 2. The van der Waals surface area contributed by atoms with E-state index >= 15 is 0 Å². The molecule has 148 valence electrons. The van der Waals surface area contributed by atoms with Gasteiger partial charge in [-0.15, -0.1) is 6.42 Å². The Morgan fingerprint density at radius 1 is 1.14 bits per heavy atom. The summed E-state index contributed by atoms with van der Waals surface area (Å²) in [6.07, 6.45) is 10.2. The number of carbonyl (C=O) groups excluding carboxylic acids is 3. The van der Waals surface area contributed by atoms with Gasteiger partial charge >= 0.3 is 5.97 Å². The average molecular weight is 394 g/mol. The van der Waals surface area contributed by atoms with E-state index in [1.165, 1.54) is 0 Å². The molecule has 0 aromatic heterocycles. The van der Waals surface area contributed by atoms with Crippen molar-refractivity contribution in [3.63, 3.8) is 0 Å². The van der Waals surface area contributed by atoms with Crippen molar-refractivity contribution in [1.29, 1.82) is 0 Å². The van der Waals surface area contributed by atoms with Crippen LogP contribution in [0.5, 0.6) is 11.5 Å². The van der Waals surface area contributed by atoms with Crippen LogP contribution in [0.4, 0.5) is 0 Å². The molecule has 0 radical (unpaired) electrons. The van der Waals surface area contributed by atoms with Crippen molar-refractivity contribution in [3.8, 4) is 23.8 Å². The molecule has 29 heavy (non-hydrogen) atoms. The zero-order chi connectivity index (χ0) is 21.1. The maximum atomic E-state index is 13.1. The predicted octanol–water partition coefficient (Wildman–Crippen LogP) is 1.75. The van der Waals surface area contributed by atoms with Crippen molar-refractivity contribution in [2.75, 3.05) is 0 Å². The molecule has 0 fully saturated rings. The Kier molecular flexibility index (Phi) is 4.14. The van der Waals surface area contributed by atoms with Gasteiger partial charge in [-0.3, -0.25) is 14.4 Å². The first kappa shape index (κ1) is 19.0. The Balaban J connectivity index is 2.00. The van der Waals surface area contributed by atoms with Crippen molar-refractivity contribution in [2.45, 2.75) is 31.5 Å². The van der Waals surface area contributed by atoms with Gasteiger partial charge in [0, 0.05) is 30.9 Å². The van der Waals surface area contributed by atoms with E-state index in [2.05, 4.69) is 5.92 Å². The highest BCUT2D eigenvalue weighted by Gasteiger charge is 2.48. The molecule has 0 aliphatic heterocycles. The number of aliphatic hydroxyl groups is 1. The lowest BCUT2D eigenvalue weighted by Crippen LogP contribution is -2.40. The van der Waals surface area contributed by atoms with Gasteiger partial charge in [0.1, 0.15) is 23.2 Å². The number of phenols is 2. The van der Waals surface area contributed by atoms with Crippen LogP contribution in [0.1, 0.15) is 51.3 Å². The molecule has 0 heterocycles. The van der Waals surface area contributed by atoms with E-state index in [1.807, 2.05) is 0 Å². The van der Waals surface area contributed by atoms with E-state index in [4.69, 9.17) is 11.2 Å². The van der Waals surface area contributed by atoms with E-state index in [0.717, 1.165) is 6.92 Å². The van der Waals surface area contributed by atoms with E-state index in [-0.39, 0.29) is 35.1 Å². The van der Waals surface area contributed by atoms with Crippen molar-refractivity contribution < 1.29 is 34.4 Å². The minimum Gasteiger partial charge on any atom is -0.507 e. The Morgan fingerprint density at radius 2 is 1.69 bits per heavy atom. The number of fused-ring (bicyclic) bond motifs is 3. The average Bonchev–Trinajstić information content (AvgIpc) is 2.68. The number of phenolic OH excluding ortho intramolecular Hbond substituents is 2. The number of aromatic hydroxyl groups is 2. The highest BCUT2D eigenvalue weighted by molar-refractivity contribution is 6.20. The van der Waals surface area contributed by atoms with Crippen molar-refractivity contribution in [2.24, 2.45) is 11.8 Å². The van der Waals surface area contributed by atoms with E-state index < -0.39 is 52.6 Å². The smallest absolute Gasteiger partial charge is 0.303 e. The Hall–Kier alpha value is -3.37. The Labute approximate surface area is 166 Å². The zero-order valence-corrected chi connectivity index (χ0v) is 15.5. The number of hydrogen-bond donors (Lipinski definition) is 3. The summed E-state index contributed by atoms with van der Waals surface area (Å²) >= 11 is 0. The number of rotatable bonds is 1. The first-order valence-electron chi connectivity index (χ1n) is 9.10. The molecule has 0 amide bonds. The molecule has 4 rings (SSSR count). The molecule has 3 aliphatic carbocycles. The summed E-state index contributed by atoms with van der Waals surface area (Å²) < 4.78 is 5.22. The predicted molar refractivity (Wildman–Crippen MR) is 100 cm³/mol. The van der Waals surface area contributed by atoms with Crippen LogP contribution in [0.15, 0.2) is 24.3 Å². The molecule has 3 N–H and O–H groups in total. The lowest BCUT2D eigenvalue weighted by molar-refractivity contribution is -0.149. The second kappa shape index (κ2) is 6.33. The number of esters is 1. The van der Waals surface area contributed by atoms with Crippen LogP contribution < -0.4 is 0 Å². The summed E-state index contributed by atoms with van der Waals surface area (Å²) in [4.78, 5) is 37.7. The van der Waals surface area contributed by atoms with Crippen molar-refractivity contribution in [3.05, 3.63) is 46.6 Å². The summed E-state index contributed by atoms with van der Waals surface area (Å²) in [7, 11) is 0. The van der Waals surface area contributed by atoms with Crippen LogP contribution >= 0.6 is 0 Å². The van der Waals surface area contributed by atoms with Crippen LogP contribution in [0, 0.1) is 24.2 Å². The third-order valence-electron chi connectivity index (χ3n) is 5.71. The third-order valence-corrected chi connectivity index (χ3v) is 5.71. The standard InChI is InChI=1S/C22H18O7/c1-3-22(28)8-13-15(14(9-22)29-10(2)23)21(27)17-16(20(13)26)18(24)11-6-4-5-7-12(11)19(17)25/h1,4-7,11-12,14,26-28H,8-9H2,2H3. The largest absolute Gasteiger partial charge is 0.507 e. The topological polar surface area (TPSA) is 121 Å². The Morgan fingerprint density at radius 3 is 2.21 bits per heavy atom. The van der Waals surface area contributed by atoms with Gasteiger partial charge in [-0.2, -0.15) is 0 Å². The number of carbonyl (C=O) groups is 3. The molecule has 7 nitrogen and oxygen atoms in total. The highest BCUT2D eigenvalue weighted by atomic mass is 16.5. The van der Waals surface area contributed by atoms with Gasteiger partial charge in [0.2, 0.25) is 0 Å². The van der Waals surface area contributed by atoms with Gasteiger partial charge < -0.3 is 20.1 Å². The lowest BCUT2D eigenvalue weighted by Gasteiger charge is -2.37. The minimum atomic E-state index is -1.76. The van der Waals surface area contributed by atoms with E-state index in [1.54, 1.807) is 24.3 Å². The number of terminal acetylenes is 1. The Bertz CT molecular complexity index is 1070. The summed E-state index contributed by atoms with van der Waals surface area (Å²) in [5.74, 6) is -2.14. The summed E-state index contributed by atoms with van der Waals surface area (Å²) in [5, 5.41) is 32.5. The summed E-state index contributed by atoms with van der Waals surface area (Å²) in [6, 6.07) is 0. The molecule has 1 aromatic rings. The lowest BCUT2D eigenvalue weighted by atomic mass is 9.68. The third kappa shape index (κ3) is 2.68. The van der Waals surface area contributed by atoms with Crippen molar-refractivity contribution in [1.82, 2.24) is 0 Å². The van der Waals surface area contributed by atoms with Crippen molar-refractivity contribution >= 4 is 17.5 Å². The SMILES string of the molecule is C#CC1(O)Cc2c(O)c3c(c(O)c2C(OC(C)=O)C1)C(=O)C1C=CC=CC1C3=O. The number of hydrogen-bond acceptors (Lipinski definition) is 7. The van der Waals surface area contributed by atoms with Gasteiger partial charge in [0.05, 0.1) is 23.0 Å². The summed E-state index contributed by atoms with van der Waals surface area (Å²) in [5.41, 5.74) is -2.37. The molecule has 4 atom stereocenters. The number of ketones is 2. The first-order chi connectivity index (χ1) is 13.7. The molecule has 1 aromatic carbocycles. The van der Waals surface area contributed by atoms with Gasteiger partial charge in [0.25, 0.3) is 0 Å². The fourth-order valence-corrected chi connectivity index (χ4v) is 4.42. The van der Waals surface area contributed by atoms with E-state index in [9.17, 15) is 29.7 Å². The number of ether oxygens (including phenoxy) is 1. The molecular weight excluding hydrogens is 376 g/mol. The molecule has 0 saturated heterocycles. The van der Waals surface area contributed by atoms with Crippen LogP contribution in [0.3, 0.4) is 0 Å². The minimum absolute atomic E-state index is 0.00543. The monoisotopic (exact) mass is 394 g/mol. The maximum absolute atomic E-state index is 13.1. The van der Waals surface area contributed by atoms with Crippen LogP contribution in [0.25, 0.3) is 0 Å². The number of benzene rings is 1. The van der Waals surface area contributed by atoms with E-state index in [0.29, 0.717) is 0 Å². The fourth-order valence-electron chi connectivity index (χ4n) is 4.42. The normalized spacial score (nSPS) is 29.5. The first-order valence-corrected chi connectivity index (χ1v) is 9.10. The fraction of sp³-hybridized carbons (Fsp3) is 0.318. The molecule has 0 bridgehead atoms. The van der Waals surface area contributed by atoms with Gasteiger partial charge in [-0.05, 0) is 0 Å². The molecule has 0 spiro atoms. The molecule has 3 aliphatic rings. The highest BCUT2D eigenvalue weighted by Crippen LogP contribution is 2.52. The maximum Gasteiger partial charge on any atom is 0.303 e. The van der Waals surface area contributed by atoms with Crippen LogP contribution in [-0.4, -0.2) is 38.5 Å². The van der Waals surface area contributed by atoms with Gasteiger partial charge in [0.15, 0.2) is 11.6 Å². The molecule has 4 unspecified atom stereocenters. The molecular formula is C22H18O7. The quantitative estimate of drug-likeness (QED) is 0.377.